The van der Waals surface area contributed by atoms with E-state index in [0.717, 1.165) is 69.4 Å². The van der Waals surface area contributed by atoms with E-state index in [-0.39, 0.29) is 5.91 Å². The number of imidazole rings is 1. The minimum absolute atomic E-state index is 0.278. The second-order valence-corrected chi connectivity index (χ2v) is 7.88. The monoisotopic (exact) mass is 397 g/mol. The number of carbonyl (C=O) groups excluding carboxylic acids is 1. The number of nitrogens with one attached hydrogen (secondary N) is 1. The van der Waals surface area contributed by atoms with Crippen molar-refractivity contribution < 1.29 is 4.79 Å². The molecule has 0 spiro atoms. The van der Waals surface area contributed by atoms with Crippen molar-refractivity contribution in [2.75, 3.05) is 52.9 Å². The number of pyridine rings is 1. The number of rotatable bonds is 4. The normalized spacial score (nSPS) is 18.6. The highest BCUT2D eigenvalue weighted by Crippen LogP contribution is 2.11. The average Bonchev–Trinajstić information content (AvgIpc) is 3.40. The van der Waals surface area contributed by atoms with E-state index in [1.807, 2.05) is 24.1 Å². The van der Waals surface area contributed by atoms with E-state index in [1.165, 1.54) is 5.69 Å². The summed E-state index contributed by atoms with van der Waals surface area (Å²) < 4.78 is 2.11. The summed E-state index contributed by atoms with van der Waals surface area (Å²) in [5.74, 6) is 1.17. The Labute approximate surface area is 172 Å². The molecule has 1 amide bonds. The number of likely N-dealkylation sites (tertiary alicyclic amines) is 1. The third-order valence-corrected chi connectivity index (χ3v) is 5.87. The molecule has 4 rings (SSSR count). The zero-order chi connectivity index (χ0) is 20.2. The molecule has 4 heterocycles. The number of fused-ring (bicyclic) bond motifs is 1. The van der Waals surface area contributed by atoms with Crippen LogP contribution in [-0.4, -0.2) is 88.8 Å². The summed E-state index contributed by atoms with van der Waals surface area (Å²) in [5.41, 5.74) is 3.13. The summed E-state index contributed by atoms with van der Waals surface area (Å²) >= 11 is 0. The molecular weight excluding hydrogens is 366 g/mol. The first-order valence-corrected chi connectivity index (χ1v) is 10.5. The SMILES string of the molecule is CN=C(NCc1cn2c(C)cccc2n1)N1CCN(CC(=O)N2CCCC2)CC1. The van der Waals surface area contributed by atoms with Crippen molar-refractivity contribution in [2.45, 2.75) is 26.3 Å². The maximum Gasteiger partial charge on any atom is 0.236 e. The first kappa shape index (κ1) is 19.7. The van der Waals surface area contributed by atoms with Crippen molar-refractivity contribution in [2.24, 2.45) is 4.99 Å². The van der Waals surface area contributed by atoms with Gasteiger partial charge in [0.1, 0.15) is 5.65 Å². The molecule has 2 aromatic rings. The van der Waals surface area contributed by atoms with Crippen LogP contribution in [-0.2, 0) is 11.3 Å². The molecule has 2 saturated heterocycles. The summed E-state index contributed by atoms with van der Waals surface area (Å²) in [6.45, 7) is 8.63. The van der Waals surface area contributed by atoms with Gasteiger partial charge in [0.15, 0.2) is 5.96 Å². The molecule has 8 nitrogen and oxygen atoms in total. The van der Waals surface area contributed by atoms with Gasteiger partial charge in [-0.15, -0.1) is 0 Å². The molecule has 2 fully saturated rings. The molecular formula is C21H31N7O. The van der Waals surface area contributed by atoms with Gasteiger partial charge in [0.25, 0.3) is 0 Å². The van der Waals surface area contributed by atoms with Crippen molar-refractivity contribution in [3.05, 3.63) is 35.8 Å². The fraction of sp³-hybridized carbons (Fsp3) is 0.571. The topological polar surface area (TPSA) is 68.5 Å². The molecule has 1 N–H and O–H groups in total. The highest BCUT2D eigenvalue weighted by molar-refractivity contribution is 5.80. The number of carbonyl (C=O) groups is 1. The van der Waals surface area contributed by atoms with Crippen LogP contribution in [0.3, 0.4) is 0 Å². The van der Waals surface area contributed by atoms with E-state index in [1.54, 1.807) is 0 Å². The number of aliphatic imine (C=N–C) groups is 1. The second-order valence-electron chi connectivity index (χ2n) is 7.88. The third-order valence-electron chi connectivity index (χ3n) is 5.87. The fourth-order valence-electron chi connectivity index (χ4n) is 4.16. The number of piperazine rings is 1. The largest absolute Gasteiger partial charge is 0.351 e. The predicted molar refractivity (Wildman–Crippen MR) is 114 cm³/mol. The third kappa shape index (κ3) is 4.53. The highest BCUT2D eigenvalue weighted by atomic mass is 16.2. The van der Waals surface area contributed by atoms with Crippen molar-refractivity contribution in [1.82, 2.24) is 29.4 Å². The van der Waals surface area contributed by atoms with Crippen LogP contribution in [0.1, 0.15) is 24.2 Å². The lowest BCUT2D eigenvalue weighted by Gasteiger charge is -2.36. The molecule has 156 valence electrons. The number of hydrogen-bond acceptors (Lipinski definition) is 4. The van der Waals surface area contributed by atoms with Crippen molar-refractivity contribution in [1.29, 1.82) is 0 Å². The van der Waals surface area contributed by atoms with Gasteiger partial charge in [0.05, 0.1) is 18.8 Å². The molecule has 0 aromatic carbocycles. The van der Waals surface area contributed by atoms with E-state index < -0.39 is 0 Å². The highest BCUT2D eigenvalue weighted by Gasteiger charge is 2.24. The van der Waals surface area contributed by atoms with E-state index in [4.69, 9.17) is 0 Å². The van der Waals surface area contributed by atoms with Gasteiger partial charge in [-0.05, 0) is 31.9 Å². The molecule has 0 radical (unpaired) electrons. The second kappa shape index (κ2) is 8.82. The van der Waals surface area contributed by atoms with Crippen LogP contribution in [0.25, 0.3) is 5.65 Å². The minimum atomic E-state index is 0.278. The van der Waals surface area contributed by atoms with Crippen LogP contribution in [0.15, 0.2) is 29.4 Å². The van der Waals surface area contributed by atoms with Crippen LogP contribution < -0.4 is 5.32 Å². The lowest BCUT2D eigenvalue weighted by molar-refractivity contribution is -0.131. The van der Waals surface area contributed by atoms with Gasteiger partial charge < -0.3 is 19.5 Å². The number of aryl methyl sites for hydroxylation is 1. The lowest BCUT2D eigenvalue weighted by Crippen LogP contribution is -2.54. The molecule has 0 atom stereocenters. The van der Waals surface area contributed by atoms with Gasteiger partial charge in [-0.3, -0.25) is 14.7 Å². The molecule has 8 heteroatoms. The van der Waals surface area contributed by atoms with Gasteiger partial charge in [-0.1, -0.05) is 6.07 Å². The van der Waals surface area contributed by atoms with E-state index >= 15 is 0 Å². The number of nitrogens with zero attached hydrogens (tertiary/aromatic N) is 6. The van der Waals surface area contributed by atoms with Gasteiger partial charge in [0, 0.05) is 58.2 Å². The first-order valence-electron chi connectivity index (χ1n) is 10.5. The van der Waals surface area contributed by atoms with Crippen molar-refractivity contribution in [3.8, 4) is 0 Å². The molecule has 29 heavy (non-hydrogen) atoms. The number of guanidine groups is 1. The van der Waals surface area contributed by atoms with Crippen LogP contribution in [0.2, 0.25) is 0 Å². The Morgan fingerprint density at radius 1 is 1.10 bits per heavy atom. The molecule has 2 aliphatic rings. The van der Waals surface area contributed by atoms with Crippen LogP contribution >= 0.6 is 0 Å². The summed E-state index contributed by atoms with van der Waals surface area (Å²) in [6, 6.07) is 6.13. The summed E-state index contributed by atoms with van der Waals surface area (Å²) in [7, 11) is 1.82. The van der Waals surface area contributed by atoms with Crippen molar-refractivity contribution >= 4 is 17.5 Å². The molecule has 0 unspecified atom stereocenters. The average molecular weight is 398 g/mol. The van der Waals surface area contributed by atoms with E-state index in [9.17, 15) is 4.79 Å². The van der Waals surface area contributed by atoms with Crippen LogP contribution in [0.4, 0.5) is 0 Å². The smallest absolute Gasteiger partial charge is 0.236 e. The maximum absolute atomic E-state index is 12.4. The van der Waals surface area contributed by atoms with Crippen molar-refractivity contribution in [3.63, 3.8) is 0 Å². The van der Waals surface area contributed by atoms with Crippen LogP contribution in [0, 0.1) is 6.92 Å². The number of amides is 1. The lowest BCUT2D eigenvalue weighted by atomic mass is 10.3. The van der Waals surface area contributed by atoms with Gasteiger partial charge >= 0.3 is 0 Å². The molecule has 2 aromatic heterocycles. The zero-order valence-corrected chi connectivity index (χ0v) is 17.5. The summed E-state index contributed by atoms with van der Waals surface area (Å²) in [6.07, 6.45) is 4.37. The predicted octanol–water partition coefficient (Wildman–Crippen LogP) is 0.958. The number of aromatic nitrogens is 2. The Bertz CT molecular complexity index is 876. The molecule has 2 aliphatic heterocycles. The molecule has 0 saturated carbocycles. The maximum atomic E-state index is 12.4. The fourth-order valence-corrected chi connectivity index (χ4v) is 4.16. The number of hydrogen-bond donors (Lipinski definition) is 1. The zero-order valence-electron chi connectivity index (χ0n) is 17.5. The Kier molecular flexibility index (Phi) is 5.99. The summed E-state index contributed by atoms with van der Waals surface area (Å²) in [4.78, 5) is 28.0. The quantitative estimate of drug-likeness (QED) is 0.615. The molecule has 0 bridgehead atoms. The first-order chi connectivity index (χ1) is 14.1. The Morgan fingerprint density at radius 3 is 2.55 bits per heavy atom. The van der Waals surface area contributed by atoms with Gasteiger partial charge in [-0.25, -0.2) is 4.98 Å². The van der Waals surface area contributed by atoms with E-state index in [2.05, 4.69) is 48.7 Å². The standard InChI is InChI=1S/C21H31N7O/c1-17-6-5-7-19-24-18(15-28(17)19)14-23-21(22-2)27-12-10-25(11-13-27)16-20(29)26-8-3-4-9-26/h5-7,15H,3-4,8-14,16H2,1-2H3,(H,22,23). The Morgan fingerprint density at radius 2 is 1.86 bits per heavy atom. The van der Waals surface area contributed by atoms with E-state index in [0.29, 0.717) is 13.1 Å². The van der Waals surface area contributed by atoms with Gasteiger partial charge in [-0.2, -0.15) is 0 Å². The molecule has 0 aliphatic carbocycles. The summed E-state index contributed by atoms with van der Waals surface area (Å²) in [5, 5.41) is 3.44. The van der Waals surface area contributed by atoms with Crippen LogP contribution in [0.5, 0.6) is 0 Å². The minimum Gasteiger partial charge on any atom is -0.351 e. The van der Waals surface area contributed by atoms with Gasteiger partial charge in [0.2, 0.25) is 5.91 Å². The Hall–Kier alpha value is -2.61. The Balaban J connectivity index is 1.27.